The van der Waals surface area contributed by atoms with Crippen LogP contribution in [0.3, 0.4) is 0 Å². The van der Waals surface area contributed by atoms with Crippen molar-refractivity contribution in [3.8, 4) is 22.4 Å². The lowest BCUT2D eigenvalue weighted by Gasteiger charge is -2.11. The molecule has 12 heteroatoms. The molecule has 3 heterocycles. The third-order valence-electron chi connectivity index (χ3n) is 6.66. The van der Waals surface area contributed by atoms with Gasteiger partial charge in [-0.05, 0) is 54.1 Å². The Morgan fingerprint density at radius 2 is 1.67 bits per heavy atom. The van der Waals surface area contributed by atoms with Gasteiger partial charge in [0.15, 0.2) is 5.65 Å². The number of fused-ring (bicyclic) bond motifs is 1. The van der Waals surface area contributed by atoms with E-state index < -0.39 is 17.6 Å². The van der Waals surface area contributed by atoms with Gasteiger partial charge in [0.05, 0.1) is 30.2 Å². The van der Waals surface area contributed by atoms with Gasteiger partial charge in [0.1, 0.15) is 0 Å². The summed E-state index contributed by atoms with van der Waals surface area (Å²) in [5.74, 6) is -0.835. The van der Waals surface area contributed by atoms with E-state index in [2.05, 4.69) is 30.7 Å². The first kappa shape index (κ1) is 27.4. The summed E-state index contributed by atoms with van der Waals surface area (Å²) in [7, 11) is 0. The zero-order valence-electron chi connectivity index (χ0n) is 22.3. The molecule has 0 saturated carbocycles. The Hall–Kier alpha value is -5.78. The maximum Gasteiger partial charge on any atom is 0.416 e. The van der Waals surface area contributed by atoms with Gasteiger partial charge in [-0.25, -0.2) is 14.5 Å². The molecule has 0 unspecified atom stereocenters. The summed E-state index contributed by atoms with van der Waals surface area (Å²) >= 11 is 0. The largest absolute Gasteiger partial charge is 0.416 e. The second kappa shape index (κ2) is 11.2. The maximum absolute atomic E-state index is 13.1. The summed E-state index contributed by atoms with van der Waals surface area (Å²) in [6.07, 6.45) is 2.09. The molecule has 6 rings (SSSR count). The predicted octanol–water partition coefficient (Wildman–Crippen LogP) is 6.24. The fourth-order valence-electron chi connectivity index (χ4n) is 4.60. The Morgan fingerprint density at radius 1 is 0.860 bits per heavy atom. The molecule has 2 amide bonds. The van der Waals surface area contributed by atoms with E-state index in [-0.39, 0.29) is 17.9 Å². The predicted molar refractivity (Wildman–Crippen MR) is 154 cm³/mol. The van der Waals surface area contributed by atoms with E-state index >= 15 is 0 Å². The summed E-state index contributed by atoms with van der Waals surface area (Å²) < 4.78 is 41.0. The number of aromatic nitrogens is 5. The second-order valence-corrected chi connectivity index (χ2v) is 9.62. The Balaban J connectivity index is 1.21. The van der Waals surface area contributed by atoms with Crippen molar-refractivity contribution in [1.82, 2.24) is 24.6 Å². The minimum Gasteiger partial charge on any atom is -0.348 e. The first-order chi connectivity index (χ1) is 20.7. The molecule has 0 spiro atoms. The number of rotatable bonds is 7. The lowest BCUT2D eigenvalue weighted by Crippen LogP contribution is -2.14. The minimum atomic E-state index is -4.55. The van der Waals surface area contributed by atoms with Crippen LogP contribution in [0.25, 0.3) is 28.0 Å². The van der Waals surface area contributed by atoms with E-state index in [1.165, 1.54) is 18.5 Å². The van der Waals surface area contributed by atoms with Gasteiger partial charge in [-0.2, -0.15) is 18.3 Å². The van der Waals surface area contributed by atoms with E-state index in [1.807, 2.05) is 18.2 Å². The molecular formula is C31H22F3N7O2. The second-order valence-electron chi connectivity index (χ2n) is 9.62. The van der Waals surface area contributed by atoms with Gasteiger partial charge in [0.25, 0.3) is 5.91 Å². The van der Waals surface area contributed by atoms with Gasteiger partial charge in [0, 0.05) is 46.2 Å². The van der Waals surface area contributed by atoms with Crippen LogP contribution in [0, 0.1) is 0 Å². The molecule has 0 aliphatic heterocycles. The van der Waals surface area contributed by atoms with Crippen molar-refractivity contribution in [1.29, 1.82) is 0 Å². The standard InChI is InChI=1S/C31H22F3N7O2/c32-31(33,34)22-5-1-4-21(13-22)30(43)40-24-6-2-3-20(14-24)27-11-12-36-29-26(17-38-41(27)29)19-7-9-23(10-8-19)39-28(42)15-25-16-35-18-37-25/h1-14,16-18H,15H2,(H,35,37)(H,39,42)(H,40,43). The number of aromatic amines is 1. The maximum atomic E-state index is 13.1. The van der Waals surface area contributed by atoms with Crippen LogP contribution in [-0.4, -0.2) is 36.4 Å². The highest BCUT2D eigenvalue weighted by Crippen LogP contribution is 2.31. The molecule has 0 aliphatic rings. The highest BCUT2D eigenvalue weighted by molar-refractivity contribution is 6.04. The Labute approximate surface area is 242 Å². The van der Waals surface area contributed by atoms with Crippen molar-refractivity contribution in [2.24, 2.45) is 0 Å². The zero-order chi connectivity index (χ0) is 30.0. The molecule has 0 bridgehead atoms. The van der Waals surface area contributed by atoms with Crippen LogP contribution in [0.4, 0.5) is 24.5 Å². The summed E-state index contributed by atoms with van der Waals surface area (Å²) in [4.78, 5) is 36.4. The number of nitrogens with one attached hydrogen (secondary N) is 3. The molecule has 214 valence electrons. The SMILES string of the molecule is O=C(Cc1cnc[nH]1)Nc1ccc(-c2cnn3c(-c4cccc(NC(=O)c5cccc(C(F)(F)F)c5)c4)ccnc23)cc1. The number of benzene rings is 3. The van der Waals surface area contributed by atoms with E-state index in [0.717, 1.165) is 23.3 Å². The van der Waals surface area contributed by atoms with Gasteiger partial charge in [-0.1, -0.05) is 30.3 Å². The third kappa shape index (κ3) is 5.98. The van der Waals surface area contributed by atoms with Crippen LogP contribution < -0.4 is 10.6 Å². The highest BCUT2D eigenvalue weighted by Gasteiger charge is 2.31. The molecule has 0 saturated heterocycles. The number of carbonyl (C=O) groups excluding carboxylic acids is 2. The number of H-pyrrole nitrogens is 1. The Kier molecular flexibility index (Phi) is 7.16. The first-order valence-electron chi connectivity index (χ1n) is 13.0. The van der Waals surface area contributed by atoms with Crippen molar-refractivity contribution in [2.75, 3.05) is 10.6 Å². The fourth-order valence-corrected chi connectivity index (χ4v) is 4.60. The molecular weight excluding hydrogens is 559 g/mol. The number of anilines is 2. The third-order valence-corrected chi connectivity index (χ3v) is 6.66. The Bertz CT molecular complexity index is 1930. The van der Waals surface area contributed by atoms with Gasteiger partial charge in [0.2, 0.25) is 5.91 Å². The molecule has 3 aromatic carbocycles. The number of hydrogen-bond donors (Lipinski definition) is 3. The van der Waals surface area contributed by atoms with Crippen molar-refractivity contribution < 1.29 is 22.8 Å². The topological polar surface area (TPSA) is 117 Å². The first-order valence-corrected chi connectivity index (χ1v) is 13.0. The van der Waals surface area contributed by atoms with Crippen molar-refractivity contribution in [3.05, 3.63) is 121 Å². The van der Waals surface area contributed by atoms with Crippen LogP contribution in [0.5, 0.6) is 0 Å². The van der Waals surface area contributed by atoms with E-state index in [9.17, 15) is 22.8 Å². The van der Waals surface area contributed by atoms with Gasteiger partial charge < -0.3 is 15.6 Å². The van der Waals surface area contributed by atoms with Crippen LogP contribution in [0.15, 0.2) is 104 Å². The number of nitrogens with zero attached hydrogens (tertiary/aromatic N) is 4. The van der Waals surface area contributed by atoms with Gasteiger partial charge in [-0.15, -0.1) is 0 Å². The van der Waals surface area contributed by atoms with Gasteiger partial charge >= 0.3 is 6.18 Å². The molecule has 6 aromatic rings. The van der Waals surface area contributed by atoms with Crippen LogP contribution in [-0.2, 0) is 17.4 Å². The highest BCUT2D eigenvalue weighted by atomic mass is 19.4. The molecule has 0 fully saturated rings. The smallest absolute Gasteiger partial charge is 0.348 e. The fraction of sp³-hybridized carbons (Fsp3) is 0.0645. The zero-order valence-corrected chi connectivity index (χ0v) is 22.3. The minimum absolute atomic E-state index is 0.105. The van der Waals surface area contributed by atoms with Crippen LogP contribution >= 0.6 is 0 Å². The molecule has 0 radical (unpaired) electrons. The number of imidazole rings is 1. The number of amides is 2. The van der Waals surface area contributed by atoms with Crippen molar-refractivity contribution >= 4 is 28.8 Å². The van der Waals surface area contributed by atoms with Crippen LogP contribution in [0.2, 0.25) is 0 Å². The van der Waals surface area contributed by atoms with Crippen molar-refractivity contribution in [2.45, 2.75) is 12.6 Å². The average molecular weight is 582 g/mol. The molecule has 3 N–H and O–H groups in total. The molecule has 43 heavy (non-hydrogen) atoms. The molecule has 3 aromatic heterocycles. The van der Waals surface area contributed by atoms with Crippen LogP contribution in [0.1, 0.15) is 21.6 Å². The van der Waals surface area contributed by atoms with Crippen molar-refractivity contribution in [3.63, 3.8) is 0 Å². The number of halogens is 3. The molecule has 0 atom stereocenters. The number of alkyl halides is 3. The average Bonchev–Trinajstić information content (AvgIpc) is 3.67. The summed E-state index contributed by atoms with van der Waals surface area (Å²) in [6, 6.07) is 20.3. The van der Waals surface area contributed by atoms with E-state index in [1.54, 1.807) is 59.5 Å². The molecule has 9 nitrogen and oxygen atoms in total. The summed E-state index contributed by atoms with van der Waals surface area (Å²) in [5, 5.41) is 10.1. The Morgan fingerprint density at radius 3 is 2.44 bits per heavy atom. The van der Waals surface area contributed by atoms with E-state index in [0.29, 0.717) is 34.0 Å². The quantitative estimate of drug-likeness (QED) is 0.206. The summed E-state index contributed by atoms with van der Waals surface area (Å²) in [6.45, 7) is 0. The lowest BCUT2D eigenvalue weighted by atomic mass is 10.1. The lowest BCUT2D eigenvalue weighted by molar-refractivity contribution is -0.137. The van der Waals surface area contributed by atoms with Gasteiger partial charge in [-0.3, -0.25) is 9.59 Å². The summed E-state index contributed by atoms with van der Waals surface area (Å²) in [5.41, 5.74) is 4.36. The number of hydrogen-bond acceptors (Lipinski definition) is 5. The normalized spacial score (nSPS) is 11.4. The monoisotopic (exact) mass is 581 g/mol. The number of carbonyl (C=O) groups is 2. The van der Waals surface area contributed by atoms with E-state index in [4.69, 9.17) is 0 Å². The molecule has 0 aliphatic carbocycles.